The highest BCUT2D eigenvalue weighted by molar-refractivity contribution is 7.15. The standard InChI is InChI=1S/C16H25N3O3S/c1-22-15(21)10-6-5-9-14-18-19-16(23-14)17-13(20)11-12-7-3-2-4-8-12/h12H,2-11H2,1H3,(H,17,19,20). The Labute approximate surface area is 141 Å². The molecule has 1 aromatic rings. The number of rotatable bonds is 8. The van der Waals surface area contributed by atoms with E-state index < -0.39 is 0 Å². The molecule has 1 amide bonds. The Hall–Kier alpha value is -1.50. The summed E-state index contributed by atoms with van der Waals surface area (Å²) in [5.74, 6) is 0.387. The van der Waals surface area contributed by atoms with Crippen molar-refractivity contribution in [3.63, 3.8) is 0 Å². The van der Waals surface area contributed by atoms with E-state index in [2.05, 4.69) is 20.3 Å². The van der Waals surface area contributed by atoms with Crippen molar-refractivity contribution in [2.45, 2.75) is 64.2 Å². The number of anilines is 1. The average Bonchev–Trinajstić information content (AvgIpc) is 2.99. The molecule has 0 unspecified atom stereocenters. The van der Waals surface area contributed by atoms with Crippen LogP contribution in [0, 0.1) is 5.92 Å². The van der Waals surface area contributed by atoms with Crippen LogP contribution in [-0.4, -0.2) is 29.2 Å². The molecule has 1 aliphatic carbocycles. The lowest BCUT2D eigenvalue weighted by Crippen LogP contribution is -2.18. The Morgan fingerprint density at radius 1 is 1.22 bits per heavy atom. The molecule has 1 aromatic heterocycles. The highest BCUT2D eigenvalue weighted by atomic mass is 32.1. The molecule has 1 heterocycles. The number of amides is 1. The van der Waals surface area contributed by atoms with Gasteiger partial charge in [-0.05, 0) is 31.6 Å². The monoisotopic (exact) mass is 339 g/mol. The number of nitrogens with zero attached hydrogens (tertiary/aromatic N) is 2. The zero-order valence-electron chi connectivity index (χ0n) is 13.7. The lowest BCUT2D eigenvalue weighted by molar-refractivity contribution is -0.140. The molecular formula is C16H25N3O3S. The fourth-order valence-corrected chi connectivity index (χ4v) is 3.67. The number of unbranched alkanes of at least 4 members (excludes halogenated alkanes) is 1. The normalized spacial score (nSPS) is 15.3. The molecule has 0 bridgehead atoms. The Morgan fingerprint density at radius 3 is 2.74 bits per heavy atom. The molecular weight excluding hydrogens is 314 g/mol. The molecule has 0 spiro atoms. The van der Waals surface area contributed by atoms with Crippen LogP contribution in [0.4, 0.5) is 5.13 Å². The number of carbonyl (C=O) groups excluding carboxylic acids is 2. The SMILES string of the molecule is COC(=O)CCCCc1nnc(NC(=O)CC2CCCCC2)s1. The third-order valence-corrected chi connectivity index (χ3v) is 5.06. The summed E-state index contributed by atoms with van der Waals surface area (Å²) < 4.78 is 4.60. The predicted octanol–water partition coefficient (Wildman–Crippen LogP) is 3.33. The number of hydrogen-bond donors (Lipinski definition) is 1. The zero-order chi connectivity index (χ0) is 16.5. The summed E-state index contributed by atoms with van der Waals surface area (Å²) in [6.07, 6.45) is 9.54. The van der Waals surface area contributed by atoms with Crippen LogP contribution < -0.4 is 5.32 Å². The second kappa shape index (κ2) is 9.60. The first-order valence-electron chi connectivity index (χ1n) is 8.36. The minimum atomic E-state index is -0.182. The second-order valence-electron chi connectivity index (χ2n) is 6.04. The number of nitrogens with one attached hydrogen (secondary N) is 1. The molecule has 0 saturated heterocycles. The van der Waals surface area contributed by atoms with Crippen LogP contribution in [0.15, 0.2) is 0 Å². The number of esters is 1. The highest BCUT2D eigenvalue weighted by Gasteiger charge is 2.18. The topological polar surface area (TPSA) is 81.2 Å². The fourth-order valence-electron chi connectivity index (χ4n) is 2.88. The average molecular weight is 339 g/mol. The summed E-state index contributed by atoms with van der Waals surface area (Å²) >= 11 is 1.42. The van der Waals surface area contributed by atoms with Gasteiger partial charge in [-0.2, -0.15) is 0 Å². The van der Waals surface area contributed by atoms with E-state index in [9.17, 15) is 9.59 Å². The van der Waals surface area contributed by atoms with Crippen LogP contribution in [0.2, 0.25) is 0 Å². The summed E-state index contributed by atoms with van der Waals surface area (Å²) in [6, 6.07) is 0. The molecule has 128 valence electrons. The maximum atomic E-state index is 12.0. The summed E-state index contributed by atoms with van der Waals surface area (Å²) in [5, 5.41) is 12.4. The van der Waals surface area contributed by atoms with Crippen LogP contribution in [-0.2, 0) is 20.7 Å². The quantitative estimate of drug-likeness (QED) is 0.580. The van der Waals surface area contributed by atoms with Crippen LogP contribution in [0.1, 0.15) is 62.8 Å². The molecule has 0 aliphatic heterocycles. The molecule has 0 atom stereocenters. The van der Waals surface area contributed by atoms with Gasteiger partial charge in [0.1, 0.15) is 5.01 Å². The van der Waals surface area contributed by atoms with E-state index in [1.807, 2.05) is 0 Å². The van der Waals surface area contributed by atoms with E-state index in [-0.39, 0.29) is 11.9 Å². The van der Waals surface area contributed by atoms with Crippen LogP contribution in [0.25, 0.3) is 0 Å². The van der Waals surface area contributed by atoms with Crippen molar-refractivity contribution in [3.8, 4) is 0 Å². The first kappa shape index (κ1) is 17.8. The number of ether oxygens (including phenoxy) is 1. The van der Waals surface area contributed by atoms with E-state index in [1.165, 1.54) is 37.7 Å². The molecule has 1 saturated carbocycles. The number of hydrogen-bond acceptors (Lipinski definition) is 6. The summed E-state index contributed by atoms with van der Waals surface area (Å²) in [5.41, 5.74) is 0. The fraction of sp³-hybridized carbons (Fsp3) is 0.750. The van der Waals surface area contributed by atoms with Crippen LogP contribution >= 0.6 is 11.3 Å². The highest BCUT2D eigenvalue weighted by Crippen LogP contribution is 2.27. The number of aryl methyl sites for hydroxylation is 1. The van der Waals surface area contributed by atoms with Crippen molar-refractivity contribution in [1.29, 1.82) is 0 Å². The summed E-state index contributed by atoms with van der Waals surface area (Å²) in [7, 11) is 1.40. The number of methoxy groups -OCH3 is 1. The second-order valence-corrected chi connectivity index (χ2v) is 7.10. The maximum Gasteiger partial charge on any atom is 0.305 e. The lowest BCUT2D eigenvalue weighted by Gasteiger charge is -2.20. The summed E-state index contributed by atoms with van der Waals surface area (Å²) in [6.45, 7) is 0. The first-order valence-corrected chi connectivity index (χ1v) is 9.18. The van der Waals surface area contributed by atoms with E-state index >= 15 is 0 Å². The van der Waals surface area contributed by atoms with Gasteiger partial charge in [-0.1, -0.05) is 30.6 Å². The van der Waals surface area contributed by atoms with Gasteiger partial charge in [0.25, 0.3) is 0 Å². The van der Waals surface area contributed by atoms with Crippen molar-refractivity contribution in [2.75, 3.05) is 12.4 Å². The minimum Gasteiger partial charge on any atom is -0.469 e. The van der Waals surface area contributed by atoms with Gasteiger partial charge in [0.05, 0.1) is 7.11 Å². The lowest BCUT2D eigenvalue weighted by atomic mass is 9.87. The van der Waals surface area contributed by atoms with Crippen LogP contribution in [0.3, 0.4) is 0 Å². The van der Waals surface area contributed by atoms with Gasteiger partial charge >= 0.3 is 5.97 Å². The molecule has 7 heteroatoms. The number of carbonyl (C=O) groups is 2. The third kappa shape index (κ3) is 6.64. The van der Waals surface area contributed by atoms with Crippen molar-refractivity contribution in [3.05, 3.63) is 5.01 Å². The Bertz CT molecular complexity index is 512. The van der Waals surface area contributed by atoms with Gasteiger partial charge in [0, 0.05) is 19.3 Å². The molecule has 0 aromatic carbocycles. The van der Waals surface area contributed by atoms with E-state index in [4.69, 9.17) is 0 Å². The first-order chi connectivity index (χ1) is 11.2. The molecule has 2 rings (SSSR count). The molecule has 1 N–H and O–H groups in total. The Morgan fingerprint density at radius 2 is 2.00 bits per heavy atom. The molecule has 6 nitrogen and oxygen atoms in total. The number of aromatic nitrogens is 2. The molecule has 0 radical (unpaired) electrons. The molecule has 23 heavy (non-hydrogen) atoms. The summed E-state index contributed by atoms with van der Waals surface area (Å²) in [4.78, 5) is 23.1. The third-order valence-electron chi connectivity index (χ3n) is 4.16. The van der Waals surface area contributed by atoms with Crippen molar-refractivity contribution >= 4 is 28.3 Å². The van der Waals surface area contributed by atoms with Gasteiger partial charge in [0.2, 0.25) is 11.0 Å². The Kier molecular flexibility index (Phi) is 7.45. The van der Waals surface area contributed by atoms with Gasteiger partial charge in [-0.15, -0.1) is 10.2 Å². The zero-order valence-corrected chi connectivity index (χ0v) is 14.5. The smallest absolute Gasteiger partial charge is 0.305 e. The van der Waals surface area contributed by atoms with Gasteiger partial charge in [0.15, 0.2) is 0 Å². The van der Waals surface area contributed by atoms with Gasteiger partial charge in [-0.3, -0.25) is 9.59 Å². The van der Waals surface area contributed by atoms with Crippen molar-refractivity contribution in [1.82, 2.24) is 10.2 Å². The van der Waals surface area contributed by atoms with E-state index in [1.54, 1.807) is 0 Å². The minimum absolute atomic E-state index is 0.0466. The van der Waals surface area contributed by atoms with E-state index in [0.29, 0.717) is 23.9 Å². The van der Waals surface area contributed by atoms with Crippen molar-refractivity contribution < 1.29 is 14.3 Å². The van der Waals surface area contributed by atoms with E-state index in [0.717, 1.165) is 37.1 Å². The largest absolute Gasteiger partial charge is 0.469 e. The van der Waals surface area contributed by atoms with Gasteiger partial charge < -0.3 is 10.1 Å². The Balaban J connectivity index is 1.67. The molecule has 1 fully saturated rings. The molecule has 1 aliphatic rings. The van der Waals surface area contributed by atoms with Crippen LogP contribution in [0.5, 0.6) is 0 Å². The maximum absolute atomic E-state index is 12.0. The van der Waals surface area contributed by atoms with Gasteiger partial charge in [-0.25, -0.2) is 0 Å². The van der Waals surface area contributed by atoms with Crippen molar-refractivity contribution in [2.24, 2.45) is 5.92 Å². The predicted molar refractivity (Wildman–Crippen MR) is 89.3 cm³/mol.